The molecule has 0 aliphatic carbocycles. The van der Waals surface area contributed by atoms with Crippen LogP contribution in [0.15, 0.2) is 24.3 Å². The third-order valence-electron chi connectivity index (χ3n) is 5.43. The number of hydrogen-bond donors (Lipinski definition) is 2. The Hall–Kier alpha value is -1.20. The fourth-order valence-electron chi connectivity index (χ4n) is 3.65. The first-order valence-corrected chi connectivity index (χ1v) is 12.5. The van der Waals surface area contributed by atoms with Crippen LogP contribution in [0.25, 0.3) is 0 Å². The number of nitrogens with zero attached hydrogens (tertiary/aromatic N) is 1. The van der Waals surface area contributed by atoms with E-state index in [1.165, 1.54) is 63.4 Å². The fraction of sp³-hybridized carbons (Fsp3) is 0.682. The highest BCUT2D eigenvalue weighted by atomic mass is 31.2. The van der Waals surface area contributed by atoms with Crippen LogP contribution in [-0.2, 0) is 26.7 Å². The van der Waals surface area contributed by atoms with Gasteiger partial charge < -0.3 is 14.7 Å². The zero-order valence-corrected chi connectivity index (χ0v) is 18.5. The zero-order chi connectivity index (χ0) is 21.1. The molecule has 1 amide bonds. The number of amides is 1. The number of carbonyl (C=O) groups is 1. The van der Waals surface area contributed by atoms with Crippen molar-refractivity contribution in [1.82, 2.24) is 4.90 Å². The maximum atomic E-state index is 12.2. The number of benzene rings is 1. The number of carbonyl (C=O) groups excluding carboxylic acids is 1. The molecule has 0 saturated carbocycles. The lowest BCUT2D eigenvalue weighted by Crippen LogP contribution is -2.54. The molecule has 1 aliphatic heterocycles. The third kappa shape index (κ3) is 9.90. The number of phosphoric acid groups is 1. The summed E-state index contributed by atoms with van der Waals surface area (Å²) in [4.78, 5) is 31.3. The topological polar surface area (TPSA) is 87.1 Å². The molecule has 0 radical (unpaired) electrons. The Balaban J connectivity index is 1.57. The molecule has 164 valence electrons. The lowest BCUT2D eigenvalue weighted by Gasteiger charge is -2.38. The maximum Gasteiger partial charge on any atom is 0.469 e. The van der Waals surface area contributed by atoms with Gasteiger partial charge in [0.05, 0.1) is 6.42 Å². The second-order valence-electron chi connectivity index (χ2n) is 8.09. The molecule has 0 atom stereocenters. The number of phosphoric ester groups is 1. The van der Waals surface area contributed by atoms with E-state index in [-0.39, 0.29) is 19.0 Å². The molecule has 29 heavy (non-hydrogen) atoms. The van der Waals surface area contributed by atoms with Gasteiger partial charge in [-0.15, -0.1) is 0 Å². The summed E-state index contributed by atoms with van der Waals surface area (Å²) in [5.41, 5.74) is 2.27. The zero-order valence-electron chi connectivity index (χ0n) is 17.6. The van der Waals surface area contributed by atoms with Crippen LogP contribution in [0.1, 0.15) is 75.8 Å². The summed E-state index contributed by atoms with van der Waals surface area (Å²) in [5, 5.41) is 0. The molecule has 1 aromatic rings. The van der Waals surface area contributed by atoms with Crippen molar-refractivity contribution in [2.45, 2.75) is 83.7 Å². The second-order valence-corrected chi connectivity index (χ2v) is 9.28. The molecule has 0 bridgehead atoms. The van der Waals surface area contributed by atoms with Crippen LogP contribution < -0.4 is 0 Å². The van der Waals surface area contributed by atoms with E-state index in [1.807, 2.05) is 12.1 Å². The smallest absolute Gasteiger partial charge is 0.337 e. The molecule has 2 N–H and O–H groups in total. The van der Waals surface area contributed by atoms with E-state index < -0.39 is 13.9 Å². The van der Waals surface area contributed by atoms with E-state index >= 15 is 0 Å². The van der Waals surface area contributed by atoms with Crippen LogP contribution in [0.4, 0.5) is 0 Å². The second kappa shape index (κ2) is 12.5. The van der Waals surface area contributed by atoms with Crippen LogP contribution in [0.5, 0.6) is 0 Å². The summed E-state index contributed by atoms with van der Waals surface area (Å²) in [5.74, 6) is -0.0396. The van der Waals surface area contributed by atoms with E-state index in [9.17, 15) is 9.36 Å². The van der Waals surface area contributed by atoms with Crippen LogP contribution in [-0.4, -0.2) is 39.8 Å². The summed E-state index contributed by atoms with van der Waals surface area (Å²) in [6.45, 7) is 2.72. The normalized spacial score (nSPS) is 14.8. The third-order valence-corrected chi connectivity index (χ3v) is 6.01. The monoisotopic (exact) mass is 425 g/mol. The van der Waals surface area contributed by atoms with Crippen LogP contribution >= 0.6 is 7.82 Å². The minimum Gasteiger partial charge on any atom is -0.337 e. The Morgan fingerprint density at radius 1 is 0.966 bits per heavy atom. The van der Waals surface area contributed by atoms with Crippen molar-refractivity contribution < 1.29 is 23.7 Å². The highest BCUT2D eigenvalue weighted by Crippen LogP contribution is 2.39. The van der Waals surface area contributed by atoms with Gasteiger partial charge in [0.25, 0.3) is 0 Å². The predicted octanol–water partition coefficient (Wildman–Crippen LogP) is 4.62. The maximum absolute atomic E-state index is 12.2. The molecule has 0 spiro atoms. The molecule has 1 heterocycles. The molecule has 1 aromatic carbocycles. The van der Waals surface area contributed by atoms with Gasteiger partial charge in [-0.25, -0.2) is 4.57 Å². The minimum absolute atomic E-state index is 0.0396. The Morgan fingerprint density at radius 3 is 2.03 bits per heavy atom. The van der Waals surface area contributed by atoms with Crippen LogP contribution in [0, 0.1) is 0 Å². The molecule has 1 aliphatic rings. The van der Waals surface area contributed by atoms with E-state index in [1.54, 1.807) is 4.90 Å². The molecule has 6 nitrogen and oxygen atoms in total. The van der Waals surface area contributed by atoms with Crippen molar-refractivity contribution >= 4 is 13.7 Å². The van der Waals surface area contributed by atoms with Crippen molar-refractivity contribution in [3.63, 3.8) is 0 Å². The highest BCUT2D eigenvalue weighted by molar-refractivity contribution is 7.46. The Bertz CT molecular complexity index is 652. The van der Waals surface area contributed by atoms with E-state index in [0.29, 0.717) is 6.42 Å². The number of unbranched alkanes of at least 4 members (excludes halogenated alkanes) is 8. The lowest BCUT2D eigenvalue weighted by molar-refractivity contribution is -0.139. The first kappa shape index (κ1) is 24.1. The number of likely N-dealkylation sites (tertiary alicyclic amines) is 1. The van der Waals surface area contributed by atoms with Gasteiger partial charge in [-0.05, 0) is 24.0 Å². The number of aryl methyl sites for hydroxylation is 1. The van der Waals surface area contributed by atoms with Gasteiger partial charge in [0, 0.05) is 13.1 Å². The molecule has 2 rings (SSSR count). The van der Waals surface area contributed by atoms with Crippen molar-refractivity contribution in [2.75, 3.05) is 13.1 Å². The van der Waals surface area contributed by atoms with Gasteiger partial charge in [0.15, 0.2) is 0 Å². The van der Waals surface area contributed by atoms with Gasteiger partial charge >= 0.3 is 7.82 Å². The first-order valence-electron chi connectivity index (χ1n) is 11.0. The Morgan fingerprint density at radius 2 is 1.48 bits per heavy atom. The lowest BCUT2D eigenvalue weighted by atomic mass is 10.0. The average molecular weight is 426 g/mol. The van der Waals surface area contributed by atoms with E-state index in [0.717, 1.165) is 12.0 Å². The summed E-state index contributed by atoms with van der Waals surface area (Å²) < 4.78 is 15.4. The molecule has 0 unspecified atom stereocenters. The van der Waals surface area contributed by atoms with Crippen molar-refractivity contribution in [3.05, 3.63) is 35.4 Å². The molecular weight excluding hydrogens is 389 g/mol. The quantitative estimate of drug-likeness (QED) is 0.335. The summed E-state index contributed by atoms with van der Waals surface area (Å²) in [6.07, 6.45) is 12.8. The Kier molecular flexibility index (Phi) is 10.4. The highest BCUT2D eigenvalue weighted by Gasteiger charge is 2.35. The molecule has 1 saturated heterocycles. The summed E-state index contributed by atoms with van der Waals surface area (Å²) in [7, 11) is -4.48. The molecule has 0 aromatic heterocycles. The van der Waals surface area contributed by atoms with E-state index in [4.69, 9.17) is 9.79 Å². The SMILES string of the molecule is CCCCCCCCCCCc1ccc(CC(=O)N2CC(OP(=O)(O)O)C2)cc1. The predicted molar refractivity (Wildman–Crippen MR) is 115 cm³/mol. The van der Waals surface area contributed by atoms with Gasteiger partial charge in [0.2, 0.25) is 5.91 Å². The van der Waals surface area contributed by atoms with Crippen molar-refractivity contribution in [2.24, 2.45) is 0 Å². The summed E-state index contributed by atoms with van der Waals surface area (Å²) >= 11 is 0. The minimum atomic E-state index is -4.48. The summed E-state index contributed by atoms with van der Waals surface area (Å²) in [6, 6.07) is 8.21. The van der Waals surface area contributed by atoms with Crippen LogP contribution in [0.2, 0.25) is 0 Å². The molecular formula is C22H36NO5P. The van der Waals surface area contributed by atoms with Gasteiger partial charge in [0.1, 0.15) is 6.10 Å². The number of hydrogen-bond acceptors (Lipinski definition) is 3. The molecule has 7 heteroatoms. The Labute approximate surface area is 174 Å². The fourth-order valence-corrected chi connectivity index (χ4v) is 4.17. The average Bonchev–Trinajstić information content (AvgIpc) is 2.63. The van der Waals surface area contributed by atoms with Crippen LogP contribution in [0.3, 0.4) is 0 Å². The first-order chi connectivity index (χ1) is 13.9. The van der Waals surface area contributed by atoms with Gasteiger partial charge in [-0.2, -0.15) is 0 Å². The number of rotatable bonds is 14. The van der Waals surface area contributed by atoms with Gasteiger partial charge in [-0.1, -0.05) is 82.6 Å². The largest absolute Gasteiger partial charge is 0.469 e. The van der Waals surface area contributed by atoms with Crippen molar-refractivity contribution in [3.8, 4) is 0 Å². The van der Waals surface area contributed by atoms with Crippen molar-refractivity contribution in [1.29, 1.82) is 0 Å². The van der Waals surface area contributed by atoms with E-state index in [2.05, 4.69) is 23.6 Å². The van der Waals surface area contributed by atoms with Gasteiger partial charge in [-0.3, -0.25) is 9.32 Å². The molecule has 1 fully saturated rings. The standard InChI is InChI=1S/C22H36NO5P/c1-2-3-4-5-6-7-8-9-10-11-19-12-14-20(15-13-19)16-22(24)23-17-21(18-23)28-29(25,26)27/h12-15,21H,2-11,16-18H2,1H3,(H2,25,26,27).